The highest BCUT2D eigenvalue weighted by Crippen LogP contribution is 2.41. The van der Waals surface area contributed by atoms with Gasteiger partial charge in [0.1, 0.15) is 16.9 Å². The highest BCUT2D eigenvalue weighted by atomic mass is 32.1. The molecule has 5 rings (SSSR count). The number of thiophene rings is 1. The molecule has 24 heavy (non-hydrogen) atoms. The molecule has 0 unspecified atom stereocenters. The number of nitrogens with zero attached hydrogens (tertiary/aromatic N) is 4. The average molecular weight is 336 g/mol. The van der Waals surface area contributed by atoms with Gasteiger partial charge in [-0.25, -0.2) is 9.97 Å². The third-order valence-corrected chi connectivity index (χ3v) is 5.34. The molecule has 7 heteroatoms. The molecule has 0 N–H and O–H groups in total. The summed E-state index contributed by atoms with van der Waals surface area (Å²) in [7, 11) is 0. The first-order valence-electron chi connectivity index (χ1n) is 7.68. The van der Waals surface area contributed by atoms with E-state index in [1.165, 1.54) is 23.3 Å². The lowest BCUT2D eigenvalue weighted by Crippen LogP contribution is -1.91. The van der Waals surface area contributed by atoms with Gasteiger partial charge >= 0.3 is 0 Å². The van der Waals surface area contributed by atoms with Gasteiger partial charge in [0, 0.05) is 10.4 Å². The van der Waals surface area contributed by atoms with E-state index in [2.05, 4.69) is 20.2 Å². The van der Waals surface area contributed by atoms with Gasteiger partial charge in [-0.3, -0.25) is 0 Å². The fourth-order valence-electron chi connectivity index (χ4n) is 3.05. The molecule has 1 aliphatic carbocycles. The van der Waals surface area contributed by atoms with E-state index in [4.69, 9.17) is 9.15 Å². The predicted molar refractivity (Wildman–Crippen MR) is 89.2 cm³/mol. The Hall–Kier alpha value is -2.80. The van der Waals surface area contributed by atoms with E-state index in [0.29, 0.717) is 11.8 Å². The Kier molecular flexibility index (Phi) is 3.05. The van der Waals surface area contributed by atoms with Gasteiger partial charge in [0.05, 0.1) is 5.39 Å². The Bertz CT molecular complexity index is 1010. The van der Waals surface area contributed by atoms with Crippen LogP contribution in [-0.2, 0) is 12.8 Å². The first kappa shape index (κ1) is 13.6. The normalized spacial score (nSPS) is 13.3. The van der Waals surface area contributed by atoms with E-state index in [1.54, 1.807) is 17.7 Å². The first-order chi connectivity index (χ1) is 11.9. The molecule has 1 aliphatic rings. The topological polar surface area (TPSA) is 73.9 Å². The zero-order valence-corrected chi connectivity index (χ0v) is 13.4. The van der Waals surface area contributed by atoms with E-state index in [0.717, 1.165) is 34.4 Å². The van der Waals surface area contributed by atoms with E-state index in [-0.39, 0.29) is 0 Å². The molecular weight excluding hydrogens is 324 g/mol. The molecule has 0 spiro atoms. The molecule has 0 aliphatic heterocycles. The monoisotopic (exact) mass is 336 g/mol. The summed E-state index contributed by atoms with van der Waals surface area (Å²) in [5.41, 5.74) is 2.21. The maximum atomic E-state index is 6.04. The molecular formula is C17H12N4O2S. The second-order valence-electron chi connectivity index (χ2n) is 5.59. The van der Waals surface area contributed by atoms with Crippen LogP contribution in [0.1, 0.15) is 16.9 Å². The quantitative estimate of drug-likeness (QED) is 0.562. The van der Waals surface area contributed by atoms with Gasteiger partial charge < -0.3 is 9.15 Å². The Morgan fingerprint density at radius 3 is 2.83 bits per heavy atom. The molecule has 118 valence electrons. The number of fused-ring (bicyclic) bond motifs is 3. The number of ether oxygens (including phenoxy) is 1. The third kappa shape index (κ3) is 2.16. The number of aryl methyl sites for hydroxylation is 2. The summed E-state index contributed by atoms with van der Waals surface area (Å²) in [6.45, 7) is 0. The smallest absolute Gasteiger partial charge is 0.247 e. The lowest BCUT2D eigenvalue weighted by molar-refractivity contribution is 0.468. The zero-order chi connectivity index (χ0) is 15.9. The minimum Gasteiger partial charge on any atom is -0.438 e. The summed E-state index contributed by atoms with van der Waals surface area (Å²) in [6.07, 6.45) is 6.29. The summed E-state index contributed by atoms with van der Waals surface area (Å²) in [5.74, 6) is 1.84. The van der Waals surface area contributed by atoms with Gasteiger partial charge in [-0.05, 0) is 49.1 Å². The van der Waals surface area contributed by atoms with Crippen molar-refractivity contribution >= 4 is 21.6 Å². The van der Waals surface area contributed by atoms with Crippen LogP contribution < -0.4 is 4.74 Å². The predicted octanol–water partition coefficient (Wildman–Crippen LogP) is 4.02. The molecule has 0 fully saturated rings. The molecule has 0 amide bonds. The number of rotatable bonds is 3. The van der Waals surface area contributed by atoms with Crippen LogP contribution in [0.25, 0.3) is 21.7 Å². The van der Waals surface area contributed by atoms with Crippen molar-refractivity contribution in [2.45, 2.75) is 19.3 Å². The van der Waals surface area contributed by atoms with Gasteiger partial charge in [-0.15, -0.1) is 21.5 Å². The zero-order valence-electron chi connectivity index (χ0n) is 12.6. The molecule has 0 saturated carbocycles. The summed E-state index contributed by atoms with van der Waals surface area (Å²) >= 11 is 1.75. The van der Waals surface area contributed by atoms with E-state index in [1.807, 2.05) is 24.3 Å². The van der Waals surface area contributed by atoms with Gasteiger partial charge in [0.25, 0.3) is 0 Å². The summed E-state index contributed by atoms with van der Waals surface area (Å²) in [6, 6.07) is 7.53. The SMILES string of the molecule is c1nc(Oc2ccc(-c3nnco3)cc2)c2c3c(sc2n1)CCC3. The Labute approximate surface area is 141 Å². The van der Waals surface area contributed by atoms with Crippen molar-refractivity contribution in [3.05, 3.63) is 47.4 Å². The largest absolute Gasteiger partial charge is 0.438 e. The second-order valence-corrected chi connectivity index (χ2v) is 6.67. The van der Waals surface area contributed by atoms with Crippen LogP contribution >= 0.6 is 11.3 Å². The molecule has 0 saturated heterocycles. The number of hydrogen-bond donors (Lipinski definition) is 0. The summed E-state index contributed by atoms with van der Waals surface area (Å²) < 4.78 is 11.2. The third-order valence-electron chi connectivity index (χ3n) is 4.14. The van der Waals surface area contributed by atoms with Crippen molar-refractivity contribution in [2.75, 3.05) is 0 Å². The van der Waals surface area contributed by atoms with Crippen molar-refractivity contribution in [3.8, 4) is 23.1 Å². The van der Waals surface area contributed by atoms with Gasteiger partial charge in [0.2, 0.25) is 18.2 Å². The number of hydrogen-bond acceptors (Lipinski definition) is 7. The maximum Gasteiger partial charge on any atom is 0.247 e. The fraction of sp³-hybridized carbons (Fsp3) is 0.176. The standard InChI is InChI=1S/C17H12N4O2S/c1-2-12-13(3-1)24-17-14(12)16(18-8-19-17)23-11-6-4-10(5-7-11)15-21-20-9-22-15/h4-9H,1-3H2. The van der Waals surface area contributed by atoms with E-state index < -0.39 is 0 Å². The van der Waals surface area contributed by atoms with Crippen LogP contribution in [0, 0.1) is 0 Å². The maximum absolute atomic E-state index is 6.04. The molecule has 4 aromatic rings. The summed E-state index contributed by atoms with van der Waals surface area (Å²) in [4.78, 5) is 11.2. The molecule has 1 aromatic carbocycles. The Morgan fingerprint density at radius 2 is 2.00 bits per heavy atom. The molecule has 3 heterocycles. The first-order valence-corrected chi connectivity index (χ1v) is 8.50. The highest BCUT2D eigenvalue weighted by Gasteiger charge is 2.22. The molecule has 0 radical (unpaired) electrons. The van der Waals surface area contributed by atoms with Gasteiger partial charge in [0.15, 0.2) is 0 Å². The second kappa shape index (κ2) is 5.38. The van der Waals surface area contributed by atoms with Crippen LogP contribution in [0.2, 0.25) is 0 Å². The van der Waals surface area contributed by atoms with Crippen LogP contribution in [0.4, 0.5) is 0 Å². The summed E-state index contributed by atoms with van der Waals surface area (Å²) in [5, 5.41) is 8.65. The van der Waals surface area contributed by atoms with Crippen molar-refractivity contribution < 1.29 is 9.15 Å². The lowest BCUT2D eigenvalue weighted by Gasteiger charge is -2.07. The fourth-order valence-corrected chi connectivity index (χ4v) is 4.27. The minimum absolute atomic E-state index is 0.488. The number of aromatic nitrogens is 4. The van der Waals surface area contributed by atoms with Gasteiger partial charge in [-0.2, -0.15) is 0 Å². The van der Waals surface area contributed by atoms with Crippen molar-refractivity contribution in [2.24, 2.45) is 0 Å². The molecule has 0 atom stereocenters. The van der Waals surface area contributed by atoms with Crippen LogP contribution in [0.3, 0.4) is 0 Å². The van der Waals surface area contributed by atoms with E-state index in [9.17, 15) is 0 Å². The van der Waals surface area contributed by atoms with E-state index >= 15 is 0 Å². The Balaban J connectivity index is 1.51. The Morgan fingerprint density at radius 1 is 1.08 bits per heavy atom. The molecule has 0 bridgehead atoms. The van der Waals surface area contributed by atoms with Gasteiger partial charge in [-0.1, -0.05) is 0 Å². The number of benzene rings is 1. The molecule has 3 aromatic heterocycles. The van der Waals surface area contributed by atoms with Crippen LogP contribution in [0.5, 0.6) is 11.6 Å². The van der Waals surface area contributed by atoms with Crippen molar-refractivity contribution in [3.63, 3.8) is 0 Å². The highest BCUT2D eigenvalue weighted by molar-refractivity contribution is 7.18. The van der Waals surface area contributed by atoms with Crippen LogP contribution in [-0.4, -0.2) is 20.2 Å². The van der Waals surface area contributed by atoms with Crippen LogP contribution in [0.15, 0.2) is 41.4 Å². The molecule has 6 nitrogen and oxygen atoms in total. The van der Waals surface area contributed by atoms with Crippen molar-refractivity contribution in [1.29, 1.82) is 0 Å². The minimum atomic E-state index is 0.488. The lowest BCUT2D eigenvalue weighted by atomic mass is 10.2. The average Bonchev–Trinajstić information content (AvgIpc) is 3.32. The van der Waals surface area contributed by atoms with Crippen molar-refractivity contribution in [1.82, 2.24) is 20.2 Å².